The van der Waals surface area contributed by atoms with Crippen molar-refractivity contribution in [2.24, 2.45) is 0 Å². The topological polar surface area (TPSA) is 63.6 Å². The van der Waals surface area contributed by atoms with Gasteiger partial charge in [-0.3, -0.25) is 0 Å². The molecule has 0 aliphatic carbocycles. The molecule has 0 saturated carbocycles. The second-order valence-corrected chi connectivity index (χ2v) is 5.23. The van der Waals surface area contributed by atoms with E-state index in [1.54, 1.807) is 19.2 Å². The summed E-state index contributed by atoms with van der Waals surface area (Å²) in [5.41, 5.74) is 2.81. The van der Waals surface area contributed by atoms with Gasteiger partial charge in [0.2, 0.25) is 0 Å². The monoisotopic (exact) mass is 311 g/mol. The highest BCUT2D eigenvalue weighted by Crippen LogP contribution is 2.21. The molecule has 3 rings (SSSR count). The minimum atomic E-state index is 0.416. The number of nitrogens with one attached hydrogen (secondary N) is 1. The minimum Gasteiger partial charge on any atom is -0.340 e. The van der Waals surface area contributed by atoms with Crippen molar-refractivity contribution in [1.82, 2.24) is 19.9 Å². The number of hydrogen-bond donors (Lipinski definition) is 1. The first-order valence-corrected chi connectivity index (χ1v) is 7.16. The van der Waals surface area contributed by atoms with E-state index < -0.39 is 0 Å². The van der Waals surface area contributed by atoms with E-state index >= 15 is 0 Å². The Balaban J connectivity index is 1.82. The molecule has 1 N–H and O–H groups in total. The fourth-order valence-corrected chi connectivity index (χ4v) is 2.26. The molecule has 0 fully saturated rings. The van der Waals surface area contributed by atoms with Crippen LogP contribution >= 0.6 is 11.6 Å². The van der Waals surface area contributed by atoms with Gasteiger partial charge in [-0.1, -0.05) is 11.6 Å². The van der Waals surface area contributed by atoms with E-state index in [1.807, 2.05) is 37.3 Å². The zero-order valence-electron chi connectivity index (χ0n) is 12.2. The van der Waals surface area contributed by atoms with Crippen LogP contribution in [0, 0.1) is 13.8 Å². The molecule has 6 heteroatoms. The summed E-state index contributed by atoms with van der Waals surface area (Å²) in [6, 6.07) is 11.4. The lowest BCUT2D eigenvalue weighted by Gasteiger charge is -2.07. The van der Waals surface area contributed by atoms with Gasteiger partial charge in [0.25, 0.3) is 0 Å². The van der Waals surface area contributed by atoms with Crippen LogP contribution in [-0.2, 0) is 0 Å². The van der Waals surface area contributed by atoms with Gasteiger partial charge < -0.3 is 5.32 Å². The molecule has 1 aromatic carbocycles. The third-order valence-corrected chi connectivity index (χ3v) is 3.21. The fraction of sp³-hybridized carbons (Fsp3) is 0.125. The summed E-state index contributed by atoms with van der Waals surface area (Å²) in [5.74, 6) is 2.00. The average Bonchev–Trinajstić information content (AvgIpc) is 2.47. The molecule has 0 radical (unpaired) electrons. The van der Waals surface area contributed by atoms with Gasteiger partial charge in [-0.05, 0) is 44.2 Å². The number of benzene rings is 1. The molecule has 2 aromatic heterocycles. The summed E-state index contributed by atoms with van der Waals surface area (Å²) in [6.45, 7) is 3.75. The van der Waals surface area contributed by atoms with Crippen molar-refractivity contribution >= 4 is 23.1 Å². The highest BCUT2D eigenvalue weighted by molar-refractivity contribution is 6.29. The van der Waals surface area contributed by atoms with Crippen LogP contribution in [0.5, 0.6) is 0 Å². The SMILES string of the molecule is Cc1ccnc(-c2ccc(Nc3cc(Cl)nc(C)n3)cc2)n1. The first-order chi connectivity index (χ1) is 10.6. The van der Waals surface area contributed by atoms with Crippen LogP contribution < -0.4 is 5.32 Å². The average molecular weight is 312 g/mol. The van der Waals surface area contributed by atoms with Crippen LogP contribution in [-0.4, -0.2) is 19.9 Å². The molecule has 2 heterocycles. The molecule has 0 amide bonds. The first kappa shape index (κ1) is 14.4. The van der Waals surface area contributed by atoms with Crippen LogP contribution in [0.4, 0.5) is 11.5 Å². The molecule has 0 bridgehead atoms. The predicted octanol–water partition coefficient (Wildman–Crippen LogP) is 3.95. The van der Waals surface area contributed by atoms with Gasteiger partial charge in [0, 0.05) is 29.2 Å². The van der Waals surface area contributed by atoms with Crippen molar-refractivity contribution < 1.29 is 0 Å². The molecule has 0 saturated heterocycles. The van der Waals surface area contributed by atoms with E-state index in [9.17, 15) is 0 Å². The van der Waals surface area contributed by atoms with E-state index in [4.69, 9.17) is 11.6 Å². The second-order valence-electron chi connectivity index (χ2n) is 4.85. The highest BCUT2D eigenvalue weighted by Gasteiger charge is 2.03. The fourth-order valence-electron chi connectivity index (χ4n) is 2.03. The zero-order valence-corrected chi connectivity index (χ0v) is 13.0. The van der Waals surface area contributed by atoms with Crippen LogP contribution in [0.2, 0.25) is 5.15 Å². The zero-order chi connectivity index (χ0) is 15.5. The maximum atomic E-state index is 5.93. The van der Waals surface area contributed by atoms with Crippen molar-refractivity contribution in [2.45, 2.75) is 13.8 Å². The molecule has 0 spiro atoms. The maximum Gasteiger partial charge on any atom is 0.159 e. The normalized spacial score (nSPS) is 10.5. The standard InChI is InChI=1S/C16H14ClN5/c1-10-7-8-18-16(19-10)12-3-5-13(6-4-12)22-15-9-14(17)20-11(2)21-15/h3-9H,1-2H3,(H,20,21,22). The third-order valence-electron chi connectivity index (χ3n) is 3.02. The predicted molar refractivity (Wildman–Crippen MR) is 87.3 cm³/mol. The lowest BCUT2D eigenvalue weighted by molar-refractivity contribution is 1.06. The van der Waals surface area contributed by atoms with Crippen molar-refractivity contribution in [3.63, 3.8) is 0 Å². The molecule has 5 nitrogen and oxygen atoms in total. The number of aromatic nitrogens is 4. The van der Waals surface area contributed by atoms with Gasteiger partial charge in [0.1, 0.15) is 16.8 Å². The third kappa shape index (κ3) is 3.38. The molecule has 3 aromatic rings. The first-order valence-electron chi connectivity index (χ1n) is 6.78. The summed E-state index contributed by atoms with van der Waals surface area (Å²) < 4.78 is 0. The second kappa shape index (κ2) is 6.07. The van der Waals surface area contributed by atoms with Gasteiger partial charge in [-0.2, -0.15) is 0 Å². The molecular weight excluding hydrogens is 298 g/mol. The number of anilines is 2. The number of halogens is 1. The summed E-state index contributed by atoms with van der Waals surface area (Å²) >= 11 is 5.93. The van der Waals surface area contributed by atoms with Gasteiger partial charge >= 0.3 is 0 Å². The molecule has 110 valence electrons. The van der Waals surface area contributed by atoms with Crippen LogP contribution in [0.1, 0.15) is 11.5 Å². The Morgan fingerprint density at radius 1 is 0.955 bits per heavy atom. The van der Waals surface area contributed by atoms with E-state index in [0.29, 0.717) is 22.6 Å². The van der Waals surface area contributed by atoms with Crippen molar-refractivity contribution in [3.8, 4) is 11.4 Å². The summed E-state index contributed by atoms with van der Waals surface area (Å²) in [6.07, 6.45) is 1.76. The van der Waals surface area contributed by atoms with Gasteiger partial charge in [-0.25, -0.2) is 19.9 Å². The molecule has 0 unspecified atom stereocenters. The van der Waals surface area contributed by atoms with E-state index in [1.165, 1.54) is 0 Å². The van der Waals surface area contributed by atoms with Crippen LogP contribution in [0.25, 0.3) is 11.4 Å². The van der Waals surface area contributed by atoms with Crippen molar-refractivity contribution in [1.29, 1.82) is 0 Å². The van der Waals surface area contributed by atoms with Crippen molar-refractivity contribution in [3.05, 3.63) is 59.3 Å². The lowest BCUT2D eigenvalue weighted by atomic mass is 10.2. The Labute approximate surface area is 133 Å². The number of hydrogen-bond acceptors (Lipinski definition) is 5. The molecular formula is C16H14ClN5. The molecule has 0 aliphatic heterocycles. The van der Waals surface area contributed by atoms with E-state index in [0.717, 1.165) is 16.9 Å². The molecule has 0 atom stereocenters. The van der Waals surface area contributed by atoms with Crippen molar-refractivity contribution in [2.75, 3.05) is 5.32 Å². The van der Waals surface area contributed by atoms with Gasteiger partial charge in [0.15, 0.2) is 5.82 Å². The Morgan fingerprint density at radius 3 is 2.41 bits per heavy atom. The van der Waals surface area contributed by atoms with Crippen LogP contribution in [0.3, 0.4) is 0 Å². The largest absolute Gasteiger partial charge is 0.340 e. The Morgan fingerprint density at radius 2 is 1.73 bits per heavy atom. The van der Waals surface area contributed by atoms with Gasteiger partial charge in [0.05, 0.1) is 0 Å². The summed E-state index contributed by atoms with van der Waals surface area (Å²) in [4.78, 5) is 17.0. The lowest BCUT2D eigenvalue weighted by Crippen LogP contribution is -1.97. The molecule has 0 aliphatic rings. The number of aryl methyl sites for hydroxylation is 2. The summed E-state index contributed by atoms with van der Waals surface area (Å²) in [7, 11) is 0. The molecule has 22 heavy (non-hydrogen) atoms. The summed E-state index contributed by atoms with van der Waals surface area (Å²) in [5, 5.41) is 3.62. The maximum absolute atomic E-state index is 5.93. The van der Waals surface area contributed by atoms with Gasteiger partial charge in [-0.15, -0.1) is 0 Å². The van der Waals surface area contributed by atoms with E-state index in [-0.39, 0.29) is 0 Å². The Bertz CT molecular complexity index is 782. The number of nitrogens with zero attached hydrogens (tertiary/aromatic N) is 4. The minimum absolute atomic E-state index is 0.416. The Kier molecular flexibility index (Phi) is 3.98. The van der Waals surface area contributed by atoms with Crippen LogP contribution in [0.15, 0.2) is 42.6 Å². The quantitative estimate of drug-likeness (QED) is 0.742. The number of rotatable bonds is 3. The smallest absolute Gasteiger partial charge is 0.159 e. The highest BCUT2D eigenvalue weighted by atomic mass is 35.5. The Hall–Kier alpha value is -2.53. The van der Waals surface area contributed by atoms with E-state index in [2.05, 4.69) is 25.3 Å².